The van der Waals surface area contributed by atoms with E-state index >= 15 is 0 Å². The van der Waals surface area contributed by atoms with Crippen molar-refractivity contribution in [3.8, 4) is 6.07 Å². The first kappa shape index (κ1) is 15.1. The number of rotatable bonds is 3. The number of nitrogens with two attached hydrogens (primary N) is 1. The van der Waals surface area contributed by atoms with Crippen LogP contribution in [0.4, 0.5) is 11.4 Å². The molecule has 0 bridgehead atoms. The molecule has 0 saturated carbocycles. The highest BCUT2D eigenvalue weighted by molar-refractivity contribution is 7.92. The molecule has 116 valence electrons. The number of hydrogen-bond acceptors (Lipinski definition) is 4. The van der Waals surface area contributed by atoms with E-state index in [4.69, 9.17) is 5.73 Å². The number of anilines is 2. The van der Waals surface area contributed by atoms with Gasteiger partial charge in [0, 0.05) is 11.3 Å². The fraction of sp³-hybridized carbons (Fsp3) is 0.118. The molecule has 1 aliphatic carbocycles. The van der Waals surface area contributed by atoms with Crippen molar-refractivity contribution in [1.29, 1.82) is 5.26 Å². The Bertz CT molecular complexity index is 953. The van der Waals surface area contributed by atoms with E-state index in [0.29, 0.717) is 23.4 Å². The van der Waals surface area contributed by atoms with E-state index < -0.39 is 10.0 Å². The maximum atomic E-state index is 12.5. The number of hydrogen-bond donors (Lipinski definition) is 2. The first-order valence-corrected chi connectivity index (χ1v) is 8.52. The summed E-state index contributed by atoms with van der Waals surface area (Å²) in [6.45, 7) is 1.91. The molecule has 0 amide bonds. The number of nitrogens with one attached hydrogen (secondary N) is 1. The number of nitrogen functional groups attached to an aromatic ring is 1. The largest absolute Gasteiger partial charge is 0.399 e. The Morgan fingerprint density at radius 3 is 2.52 bits per heavy atom. The van der Waals surface area contributed by atoms with Gasteiger partial charge in [-0.3, -0.25) is 4.72 Å². The summed E-state index contributed by atoms with van der Waals surface area (Å²) in [5, 5.41) is 9.20. The molecule has 0 spiro atoms. The molecule has 0 heterocycles. The summed E-state index contributed by atoms with van der Waals surface area (Å²) < 4.78 is 27.6. The number of nitrogens with zero attached hydrogens (tertiary/aromatic N) is 1. The van der Waals surface area contributed by atoms with Gasteiger partial charge in [-0.25, -0.2) is 8.42 Å². The summed E-state index contributed by atoms with van der Waals surface area (Å²) in [6.07, 6.45) is 2.36. The standard InChI is InChI=1S/C17H15N3O2S/c1-11-2-9-16(15-8-3-12(10-18)17(11)15)20-23(21,22)14-6-4-13(19)5-7-14/h2-7,9,20H,8,19H2,1H3. The van der Waals surface area contributed by atoms with Gasteiger partial charge in [0.05, 0.1) is 22.2 Å². The summed E-state index contributed by atoms with van der Waals surface area (Å²) in [6, 6.07) is 11.7. The zero-order valence-corrected chi connectivity index (χ0v) is 13.3. The minimum absolute atomic E-state index is 0.146. The van der Waals surface area contributed by atoms with Gasteiger partial charge in [0.15, 0.2) is 0 Å². The zero-order valence-electron chi connectivity index (χ0n) is 12.5. The normalized spacial score (nSPS) is 13.1. The molecule has 0 aromatic heterocycles. The molecule has 1 aliphatic rings. The molecule has 2 aromatic rings. The minimum atomic E-state index is -3.70. The number of allylic oxidation sites excluding steroid dienone is 2. The second-order valence-corrected chi connectivity index (χ2v) is 7.07. The molecular formula is C17H15N3O2S. The molecule has 6 heteroatoms. The lowest BCUT2D eigenvalue weighted by Crippen LogP contribution is -2.14. The summed E-state index contributed by atoms with van der Waals surface area (Å²) >= 11 is 0. The van der Waals surface area contributed by atoms with Gasteiger partial charge in [-0.05, 0) is 54.8 Å². The lowest BCUT2D eigenvalue weighted by atomic mass is 9.99. The average molecular weight is 325 g/mol. The van der Waals surface area contributed by atoms with Crippen LogP contribution in [0.1, 0.15) is 16.7 Å². The predicted octanol–water partition coefficient (Wildman–Crippen LogP) is 2.84. The number of fused-ring (bicyclic) bond motifs is 1. The van der Waals surface area contributed by atoms with Crippen molar-refractivity contribution in [3.63, 3.8) is 0 Å². The maximum absolute atomic E-state index is 12.5. The van der Waals surface area contributed by atoms with Gasteiger partial charge in [-0.15, -0.1) is 0 Å². The van der Waals surface area contributed by atoms with Crippen molar-refractivity contribution >= 4 is 27.0 Å². The van der Waals surface area contributed by atoms with Gasteiger partial charge in [0.1, 0.15) is 0 Å². The summed E-state index contributed by atoms with van der Waals surface area (Å²) in [5.41, 5.74) is 9.80. The predicted molar refractivity (Wildman–Crippen MR) is 90.1 cm³/mol. The van der Waals surface area contributed by atoms with Crippen molar-refractivity contribution in [3.05, 3.63) is 59.2 Å². The molecule has 2 aromatic carbocycles. The van der Waals surface area contributed by atoms with E-state index in [1.54, 1.807) is 18.2 Å². The SMILES string of the molecule is Cc1ccc(NS(=O)(=O)c2ccc(N)cc2)c2c1C(C#N)=CC2. The molecule has 0 radical (unpaired) electrons. The van der Waals surface area contributed by atoms with E-state index in [1.807, 2.05) is 19.1 Å². The van der Waals surface area contributed by atoms with Crippen LogP contribution in [-0.4, -0.2) is 8.42 Å². The highest BCUT2D eigenvalue weighted by Crippen LogP contribution is 2.35. The van der Waals surface area contributed by atoms with Crippen LogP contribution in [0.15, 0.2) is 47.4 Å². The Kier molecular flexibility index (Phi) is 3.58. The molecule has 0 unspecified atom stereocenters. The van der Waals surface area contributed by atoms with Crippen LogP contribution in [0, 0.1) is 18.3 Å². The molecule has 23 heavy (non-hydrogen) atoms. The molecular weight excluding hydrogens is 310 g/mol. The summed E-state index contributed by atoms with van der Waals surface area (Å²) in [4.78, 5) is 0.146. The monoisotopic (exact) mass is 325 g/mol. The zero-order chi connectivity index (χ0) is 16.6. The van der Waals surface area contributed by atoms with Crippen molar-refractivity contribution in [2.45, 2.75) is 18.2 Å². The quantitative estimate of drug-likeness (QED) is 0.848. The van der Waals surface area contributed by atoms with Crippen molar-refractivity contribution in [2.24, 2.45) is 0 Å². The van der Waals surface area contributed by atoms with Gasteiger partial charge in [0.25, 0.3) is 10.0 Å². The molecule has 0 fully saturated rings. The van der Waals surface area contributed by atoms with Gasteiger partial charge in [0.2, 0.25) is 0 Å². The van der Waals surface area contributed by atoms with E-state index in [0.717, 1.165) is 16.7 Å². The van der Waals surface area contributed by atoms with Gasteiger partial charge in [-0.1, -0.05) is 12.1 Å². The first-order chi connectivity index (χ1) is 10.9. The van der Waals surface area contributed by atoms with Crippen molar-refractivity contribution in [2.75, 3.05) is 10.5 Å². The van der Waals surface area contributed by atoms with Crippen LogP contribution in [0.25, 0.3) is 5.57 Å². The third kappa shape index (κ3) is 2.67. The first-order valence-electron chi connectivity index (χ1n) is 7.04. The van der Waals surface area contributed by atoms with Crippen molar-refractivity contribution < 1.29 is 8.42 Å². The molecule has 3 N–H and O–H groups in total. The van der Waals surface area contributed by atoms with Gasteiger partial charge < -0.3 is 5.73 Å². The lowest BCUT2D eigenvalue weighted by Gasteiger charge is -2.14. The summed E-state index contributed by atoms with van der Waals surface area (Å²) in [7, 11) is -3.70. The maximum Gasteiger partial charge on any atom is 0.261 e. The van der Waals surface area contributed by atoms with Crippen molar-refractivity contribution in [1.82, 2.24) is 0 Å². The van der Waals surface area contributed by atoms with Gasteiger partial charge >= 0.3 is 0 Å². The number of aryl methyl sites for hydroxylation is 1. The van der Waals surface area contributed by atoms with Gasteiger partial charge in [-0.2, -0.15) is 5.26 Å². The topological polar surface area (TPSA) is 96.0 Å². The second-order valence-electron chi connectivity index (χ2n) is 5.39. The van der Waals surface area contributed by atoms with E-state index in [9.17, 15) is 13.7 Å². The number of benzene rings is 2. The Morgan fingerprint density at radius 2 is 1.87 bits per heavy atom. The number of sulfonamides is 1. The molecule has 0 atom stereocenters. The van der Waals surface area contributed by atoms with Crippen LogP contribution in [0.5, 0.6) is 0 Å². The Morgan fingerprint density at radius 1 is 1.17 bits per heavy atom. The minimum Gasteiger partial charge on any atom is -0.399 e. The molecule has 3 rings (SSSR count). The molecule has 0 saturated heterocycles. The Balaban J connectivity index is 2.01. The van der Waals surface area contributed by atoms with Crippen LogP contribution in [0.3, 0.4) is 0 Å². The third-order valence-electron chi connectivity index (χ3n) is 3.86. The van der Waals surface area contributed by atoms with E-state index in [-0.39, 0.29) is 4.90 Å². The smallest absolute Gasteiger partial charge is 0.261 e. The fourth-order valence-corrected chi connectivity index (χ4v) is 3.80. The van der Waals surface area contributed by atoms with Crippen LogP contribution in [-0.2, 0) is 16.4 Å². The van der Waals surface area contributed by atoms with E-state index in [1.165, 1.54) is 12.1 Å². The lowest BCUT2D eigenvalue weighted by molar-refractivity contribution is 0.601. The third-order valence-corrected chi connectivity index (χ3v) is 5.24. The van der Waals surface area contributed by atoms with Crippen LogP contribution >= 0.6 is 0 Å². The second kappa shape index (κ2) is 5.45. The van der Waals surface area contributed by atoms with E-state index in [2.05, 4.69) is 10.8 Å². The Labute approximate surface area is 135 Å². The summed E-state index contributed by atoms with van der Waals surface area (Å²) in [5.74, 6) is 0. The number of nitriles is 1. The highest BCUT2D eigenvalue weighted by atomic mass is 32.2. The molecule has 0 aliphatic heterocycles. The van der Waals surface area contributed by atoms with Crippen LogP contribution < -0.4 is 10.5 Å². The highest BCUT2D eigenvalue weighted by Gasteiger charge is 2.22. The fourth-order valence-electron chi connectivity index (χ4n) is 2.71. The van der Waals surface area contributed by atoms with Crippen LogP contribution in [0.2, 0.25) is 0 Å². The Hall–Kier alpha value is -2.78. The molecule has 5 nitrogen and oxygen atoms in total. The average Bonchev–Trinajstić information content (AvgIpc) is 2.95.